The fourth-order valence-electron chi connectivity index (χ4n) is 3.18. The lowest BCUT2D eigenvalue weighted by Crippen LogP contribution is -2.30. The van der Waals surface area contributed by atoms with E-state index in [2.05, 4.69) is 46.9 Å². The minimum absolute atomic E-state index is 0.00759. The summed E-state index contributed by atoms with van der Waals surface area (Å²) in [6.45, 7) is 0.760. The topological polar surface area (TPSA) is 38.8 Å². The first kappa shape index (κ1) is 17.1. The zero-order valence-corrected chi connectivity index (χ0v) is 15.9. The molecule has 0 bridgehead atoms. The van der Waals surface area contributed by atoms with Crippen LogP contribution in [0.5, 0.6) is 11.5 Å². The van der Waals surface area contributed by atoms with E-state index in [0.29, 0.717) is 17.1 Å². The molecule has 0 N–H and O–H groups in total. The molecule has 0 spiro atoms. The van der Waals surface area contributed by atoms with Crippen molar-refractivity contribution >= 4 is 28.5 Å². The van der Waals surface area contributed by atoms with Crippen molar-refractivity contribution in [3.05, 3.63) is 57.2 Å². The lowest BCUT2D eigenvalue weighted by molar-refractivity contribution is 0.0732. The lowest BCUT2D eigenvalue weighted by Gasteiger charge is -2.26. The van der Waals surface area contributed by atoms with E-state index in [1.807, 2.05) is 4.90 Å². The fourth-order valence-corrected chi connectivity index (χ4v) is 3.54. The van der Waals surface area contributed by atoms with Gasteiger partial charge in [0.1, 0.15) is 11.5 Å². The summed E-state index contributed by atoms with van der Waals surface area (Å²) >= 11 is 2.29. The molecule has 4 nitrogen and oxygen atoms in total. The molecule has 1 atom stereocenters. The molecule has 2 aromatic rings. The first-order chi connectivity index (χ1) is 11.6. The molecule has 0 saturated carbocycles. The Hall–Kier alpha value is -1.76. The van der Waals surface area contributed by atoms with Crippen LogP contribution in [0.4, 0.5) is 0 Å². The minimum atomic E-state index is -0.00759. The highest BCUT2D eigenvalue weighted by molar-refractivity contribution is 14.1. The Bertz CT molecular complexity index is 730. The Morgan fingerprint density at radius 3 is 2.54 bits per heavy atom. The van der Waals surface area contributed by atoms with Crippen LogP contribution >= 0.6 is 22.6 Å². The first-order valence-corrected chi connectivity index (χ1v) is 9.00. The van der Waals surface area contributed by atoms with Crippen molar-refractivity contribution in [2.75, 3.05) is 20.8 Å². The highest BCUT2D eigenvalue weighted by atomic mass is 127. The van der Waals surface area contributed by atoms with Crippen LogP contribution in [0.1, 0.15) is 34.8 Å². The number of rotatable bonds is 4. The molecule has 1 saturated heterocycles. The van der Waals surface area contributed by atoms with Gasteiger partial charge in [-0.15, -0.1) is 0 Å². The van der Waals surface area contributed by atoms with Crippen molar-refractivity contribution in [3.63, 3.8) is 0 Å². The Morgan fingerprint density at radius 1 is 1.12 bits per heavy atom. The summed E-state index contributed by atoms with van der Waals surface area (Å²) in [4.78, 5) is 15.1. The molecule has 5 heteroatoms. The van der Waals surface area contributed by atoms with E-state index >= 15 is 0 Å². The van der Waals surface area contributed by atoms with Gasteiger partial charge >= 0.3 is 0 Å². The van der Waals surface area contributed by atoms with Crippen LogP contribution in [0.2, 0.25) is 0 Å². The molecule has 1 aliphatic rings. The zero-order valence-electron chi connectivity index (χ0n) is 13.8. The second-order valence-electron chi connectivity index (χ2n) is 5.77. The number of ether oxygens (including phenoxy) is 2. The molecule has 1 unspecified atom stereocenters. The number of carbonyl (C=O) groups is 1. The Balaban J connectivity index is 1.92. The third kappa shape index (κ3) is 3.36. The highest BCUT2D eigenvalue weighted by Gasteiger charge is 2.32. The molecule has 1 aliphatic heterocycles. The quantitative estimate of drug-likeness (QED) is 0.671. The van der Waals surface area contributed by atoms with E-state index in [-0.39, 0.29) is 11.9 Å². The predicted molar refractivity (Wildman–Crippen MR) is 102 cm³/mol. The van der Waals surface area contributed by atoms with Gasteiger partial charge in [0, 0.05) is 10.1 Å². The van der Waals surface area contributed by atoms with E-state index in [1.54, 1.807) is 32.4 Å². The average Bonchev–Trinajstić information content (AvgIpc) is 3.10. The van der Waals surface area contributed by atoms with Gasteiger partial charge in [-0.2, -0.15) is 0 Å². The van der Waals surface area contributed by atoms with Crippen molar-refractivity contribution in [3.8, 4) is 11.5 Å². The van der Waals surface area contributed by atoms with Gasteiger partial charge in [-0.3, -0.25) is 4.79 Å². The summed E-state index contributed by atoms with van der Waals surface area (Å²) in [7, 11) is 3.18. The standard InChI is InChI=1S/C19H20INO3/c1-23-15-9-10-18(24-2)16(12-15)19(22)21-11-3-4-17(21)13-5-7-14(20)8-6-13/h5-10,12,17H,3-4,11H2,1-2H3. The van der Waals surface area contributed by atoms with Gasteiger partial charge in [0.25, 0.3) is 5.91 Å². The second-order valence-corrected chi connectivity index (χ2v) is 7.02. The fraction of sp³-hybridized carbons (Fsp3) is 0.316. The molecular formula is C19H20INO3. The van der Waals surface area contributed by atoms with E-state index in [1.165, 1.54) is 9.13 Å². The maximum absolute atomic E-state index is 13.1. The molecule has 1 heterocycles. The van der Waals surface area contributed by atoms with Crippen LogP contribution in [-0.2, 0) is 0 Å². The summed E-state index contributed by atoms with van der Waals surface area (Å²) in [5.41, 5.74) is 1.73. The Kier molecular flexibility index (Phi) is 5.28. The SMILES string of the molecule is COc1ccc(OC)c(C(=O)N2CCCC2c2ccc(I)cc2)c1. The average molecular weight is 437 g/mol. The molecule has 0 radical (unpaired) electrons. The molecule has 126 valence electrons. The van der Waals surface area contributed by atoms with Crippen LogP contribution in [0.3, 0.4) is 0 Å². The lowest BCUT2D eigenvalue weighted by atomic mass is 10.0. The van der Waals surface area contributed by atoms with Gasteiger partial charge < -0.3 is 14.4 Å². The smallest absolute Gasteiger partial charge is 0.258 e. The molecular weight excluding hydrogens is 417 g/mol. The van der Waals surface area contributed by atoms with E-state index in [4.69, 9.17) is 9.47 Å². The second kappa shape index (κ2) is 7.42. The number of methoxy groups -OCH3 is 2. The monoisotopic (exact) mass is 437 g/mol. The van der Waals surface area contributed by atoms with Crippen LogP contribution in [0.15, 0.2) is 42.5 Å². The number of carbonyl (C=O) groups excluding carboxylic acids is 1. The Morgan fingerprint density at radius 2 is 1.88 bits per heavy atom. The molecule has 1 amide bonds. The maximum Gasteiger partial charge on any atom is 0.258 e. The van der Waals surface area contributed by atoms with Gasteiger partial charge in [0.2, 0.25) is 0 Å². The number of benzene rings is 2. The number of hydrogen-bond donors (Lipinski definition) is 0. The molecule has 0 aliphatic carbocycles. The van der Waals surface area contributed by atoms with Gasteiger partial charge in [-0.05, 0) is 71.3 Å². The first-order valence-electron chi connectivity index (χ1n) is 7.92. The Labute approximate surface area is 155 Å². The van der Waals surface area contributed by atoms with Gasteiger partial charge in [0.15, 0.2) is 0 Å². The molecule has 24 heavy (non-hydrogen) atoms. The van der Waals surface area contributed by atoms with Crippen molar-refractivity contribution < 1.29 is 14.3 Å². The van der Waals surface area contributed by atoms with Gasteiger partial charge in [-0.25, -0.2) is 0 Å². The largest absolute Gasteiger partial charge is 0.497 e. The van der Waals surface area contributed by atoms with Crippen LogP contribution < -0.4 is 9.47 Å². The van der Waals surface area contributed by atoms with Crippen molar-refractivity contribution in [1.29, 1.82) is 0 Å². The number of nitrogens with zero attached hydrogens (tertiary/aromatic N) is 1. The molecule has 2 aromatic carbocycles. The van der Waals surface area contributed by atoms with Gasteiger partial charge in [0.05, 0.1) is 25.8 Å². The van der Waals surface area contributed by atoms with Crippen molar-refractivity contribution in [1.82, 2.24) is 4.90 Å². The summed E-state index contributed by atoms with van der Waals surface area (Å²) in [6, 6.07) is 13.8. The summed E-state index contributed by atoms with van der Waals surface area (Å²) in [5, 5.41) is 0. The summed E-state index contributed by atoms with van der Waals surface area (Å²) in [6.07, 6.45) is 1.99. The summed E-state index contributed by atoms with van der Waals surface area (Å²) in [5.74, 6) is 1.23. The normalized spacial score (nSPS) is 17.0. The van der Waals surface area contributed by atoms with E-state index in [9.17, 15) is 4.79 Å². The molecule has 1 fully saturated rings. The predicted octanol–water partition coefficient (Wildman–Crippen LogP) is 4.29. The maximum atomic E-state index is 13.1. The van der Waals surface area contributed by atoms with Crippen LogP contribution in [-0.4, -0.2) is 31.6 Å². The number of hydrogen-bond acceptors (Lipinski definition) is 3. The van der Waals surface area contributed by atoms with Gasteiger partial charge in [-0.1, -0.05) is 12.1 Å². The van der Waals surface area contributed by atoms with Crippen LogP contribution in [0, 0.1) is 3.57 Å². The van der Waals surface area contributed by atoms with E-state index < -0.39 is 0 Å². The zero-order chi connectivity index (χ0) is 17.1. The third-order valence-corrected chi connectivity index (χ3v) is 5.12. The van der Waals surface area contributed by atoms with E-state index in [0.717, 1.165) is 19.4 Å². The molecule has 3 rings (SSSR count). The minimum Gasteiger partial charge on any atom is -0.497 e. The highest BCUT2D eigenvalue weighted by Crippen LogP contribution is 2.35. The number of amides is 1. The van der Waals surface area contributed by atoms with Crippen molar-refractivity contribution in [2.45, 2.75) is 18.9 Å². The third-order valence-electron chi connectivity index (χ3n) is 4.41. The molecule has 0 aromatic heterocycles. The number of likely N-dealkylation sites (tertiary alicyclic amines) is 1. The number of halogens is 1. The summed E-state index contributed by atoms with van der Waals surface area (Å²) < 4.78 is 11.8. The van der Waals surface area contributed by atoms with Crippen molar-refractivity contribution in [2.24, 2.45) is 0 Å². The van der Waals surface area contributed by atoms with Crippen LogP contribution in [0.25, 0.3) is 0 Å².